The van der Waals surface area contributed by atoms with E-state index in [1.54, 1.807) is 23.1 Å². The molecule has 4 nitrogen and oxygen atoms in total. The fourth-order valence-electron chi connectivity index (χ4n) is 3.55. The van der Waals surface area contributed by atoms with Gasteiger partial charge in [0.2, 0.25) is 11.8 Å². The molecule has 0 bridgehead atoms. The number of hydrogen-bond acceptors (Lipinski definition) is 3. The van der Waals surface area contributed by atoms with E-state index < -0.39 is 6.04 Å². The van der Waals surface area contributed by atoms with Crippen LogP contribution in [0.15, 0.2) is 83.8 Å². The van der Waals surface area contributed by atoms with Gasteiger partial charge in [-0.25, -0.2) is 0 Å². The normalized spacial score (nSPS) is 11.8. The maximum atomic E-state index is 13.6. The summed E-state index contributed by atoms with van der Waals surface area (Å²) < 4.78 is 0. The average Bonchev–Trinajstić information content (AvgIpc) is 2.85. The highest BCUT2D eigenvalue weighted by Gasteiger charge is 2.30. The van der Waals surface area contributed by atoms with Gasteiger partial charge in [-0.3, -0.25) is 9.59 Å². The summed E-state index contributed by atoms with van der Waals surface area (Å²) in [6.45, 7) is 4.82. The van der Waals surface area contributed by atoms with Gasteiger partial charge in [-0.2, -0.15) is 0 Å². The topological polar surface area (TPSA) is 49.4 Å². The van der Waals surface area contributed by atoms with Crippen LogP contribution in [0, 0.1) is 5.92 Å². The van der Waals surface area contributed by atoms with Crippen LogP contribution in [0.2, 0.25) is 10.0 Å². The number of nitrogens with zero attached hydrogens (tertiary/aromatic N) is 1. The molecular weight excluding hydrogens is 499 g/mol. The van der Waals surface area contributed by atoms with Crippen LogP contribution >= 0.6 is 35.0 Å². The SMILES string of the molecule is CC(C)CNC(=O)[C@H](Cc1ccccc1)N(Cc1ccc(Cl)cc1Cl)C(=O)CSc1ccccc1. The van der Waals surface area contributed by atoms with Crippen molar-refractivity contribution < 1.29 is 9.59 Å². The Morgan fingerprint density at radius 1 is 0.943 bits per heavy atom. The van der Waals surface area contributed by atoms with Gasteiger partial charge < -0.3 is 10.2 Å². The summed E-state index contributed by atoms with van der Waals surface area (Å²) in [4.78, 5) is 29.7. The molecule has 0 fully saturated rings. The maximum absolute atomic E-state index is 13.6. The Balaban J connectivity index is 1.92. The van der Waals surface area contributed by atoms with Crippen molar-refractivity contribution in [2.24, 2.45) is 5.92 Å². The lowest BCUT2D eigenvalue weighted by Gasteiger charge is -2.32. The third kappa shape index (κ3) is 8.60. The van der Waals surface area contributed by atoms with Crippen molar-refractivity contribution in [3.05, 3.63) is 100 Å². The zero-order valence-electron chi connectivity index (χ0n) is 19.9. The van der Waals surface area contributed by atoms with Crippen molar-refractivity contribution in [1.29, 1.82) is 0 Å². The number of carbonyl (C=O) groups is 2. The van der Waals surface area contributed by atoms with Gasteiger partial charge in [0.15, 0.2) is 0 Å². The van der Waals surface area contributed by atoms with Gasteiger partial charge in [0.1, 0.15) is 6.04 Å². The molecule has 0 spiro atoms. The Bertz CT molecular complexity index is 1110. The lowest BCUT2D eigenvalue weighted by atomic mass is 10.0. The molecule has 0 heterocycles. The Hall–Kier alpha value is -2.47. The van der Waals surface area contributed by atoms with Crippen molar-refractivity contribution in [2.45, 2.75) is 37.8 Å². The highest BCUT2D eigenvalue weighted by Crippen LogP contribution is 2.25. The van der Waals surface area contributed by atoms with E-state index in [9.17, 15) is 9.59 Å². The number of hydrogen-bond donors (Lipinski definition) is 1. The molecule has 35 heavy (non-hydrogen) atoms. The lowest BCUT2D eigenvalue weighted by molar-refractivity contribution is -0.139. The summed E-state index contributed by atoms with van der Waals surface area (Å²) in [5.41, 5.74) is 1.72. The van der Waals surface area contributed by atoms with E-state index in [2.05, 4.69) is 5.32 Å². The lowest BCUT2D eigenvalue weighted by Crippen LogP contribution is -2.51. The van der Waals surface area contributed by atoms with Crippen molar-refractivity contribution in [3.8, 4) is 0 Å². The van der Waals surface area contributed by atoms with Crippen molar-refractivity contribution >= 4 is 46.8 Å². The molecule has 0 aromatic heterocycles. The minimum atomic E-state index is -0.688. The molecule has 0 radical (unpaired) electrons. The fourth-order valence-corrected chi connectivity index (χ4v) is 4.83. The molecule has 3 aromatic rings. The van der Waals surface area contributed by atoms with Crippen LogP contribution in [0.25, 0.3) is 0 Å². The minimum absolute atomic E-state index is 0.134. The number of carbonyl (C=O) groups excluding carboxylic acids is 2. The second-order valence-electron chi connectivity index (χ2n) is 8.70. The fraction of sp³-hybridized carbons (Fsp3) is 0.286. The standard InChI is InChI=1S/C28H30Cl2N2O2S/c1-20(2)17-31-28(34)26(15-21-9-5-3-6-10-21)32(18-22-13-14-23(29)16-25(22)30)27(33)19-35-24-11-7-4-8-12-24/h3-14,16,20,26H,15,17-19H2,1-2H3,(H,31,34)/t26-/m0/s1. The first-order chi connectivity index (χ1) is 16.8. The van der Waals surface area contributed by atoms with Crippen LogP contribution in [0.5, 0.6) is 0 Å². The average molecular weight is 530 g/mol. The van der Waals surface area contributed by atoms with Gasteiger partial charge in [0, 0.05) is 34.5 Å². The second kappa shape index (κ2) is 13.6. The Kier molecular flexibility index (Phi) is 10.5. The van der Waals surface area contributed by atoms with E-state index >= 15 is 0 Å². The van der Waals surface area contributed by atoms with Crippen LogP contribution < -0.4 is 5.32 Å². The third-order valence-electron chi connectivity index (χ3n) is 5.42. The predicted octanol–water partition coefficient (Wildman–Crippen LogP) is 6.50. The minimum Gasteiger partial charge on any atom is -0.354 e. The molecule has 0 saturated carbocycles. The molecule has 2 amide bonds. The molecule has 3 aromatic carbocycles. The first-order valence-electron chi connectivity index (χ1n) is 11.6. The zero-order valence-corrected chi connectivity index (χ0v) is 22.2. The number of amides is 2. The quantitative estimate of drug-likeness (QED) is 0.289. The predicted molar refractivity (Wildman–Crippen MR) is 146 cm³/mol. The molecule has 0 aliphatic heterocycles. The molecule has 7 heteroatoms. The third-order valence-corrected chi connectivity index (χ3v) is 7.00. The molecular formula is C28H30Cl2N2O2S. The van der Waals surface area contributed by atoms with Gasteiger partial charge in [-0.1, -0.05) is 91.6 Å². The van der Waals surface area contributed by atoms with Gasteiger partial charge >= 0.3 is 0 Å². The second-order valence-corrected chi connectivity index (χ2v) is 10.6. The van der Waals surface area contributed by atoms with Crippen LogP contribution in [0.1, 0.15) is 25.0 Å². The first-order valence-corrected chi connectivity index (χ1v) is 13.3. The van der Waals surface area contributed by atoms with Gasteiger partial charge in [0.25, 0.3) is 0 Å². The van der Waals surface area contributed by atoms with Crippen molar-refractivity contribution in [3.63, 3.8) is 0 Å². The summed E-state index contributed by atoms with van der Waals surface area (Å²) in [6.07, 6.45) is 0.401. The smallest absolute Gasteiger partial charge is 0.243 e. The van der Waals surface area contributed by atoms with E-state index in [1.165, 1.54) is 11.8 Å². The Morgan fingerprint density at radius 2 is 1.60 bits per heavy atom. The Morgan fingerprint density at radius 3 is 2.23 bits per heavy atom. The number of nitrogens with one attached hydrogen (secondary N) is 1. The summed E-state index contributed by atoms with van der Waals surface area (Å²) in [5.74, 6) is 0.189. The van der Waals surface area contributed by atoms with E-state index in [-0.39, 0.29) is 24.1 Å². The number of rotatable bonds is 11. The van der Waals surface area contributed by atoms with E-state index in [1.807, 2.05) is 74.5 Å². The molecule has 0 aliphatic rings. The van der Waals surface area contributed by atoms with E-state index in [0.29, 0.717) is 28.9 Å². The molecule has 0 unspecified atom stereocenters. The highest BCUT2D eigenvalue weighted by atomic mass is 35.5. The van der Waals surface area contributed by atoms with Crippen LogP contribution in [-0.4, -0.2) is 35.1 Å². The summed E-state index contributed by atoms with van der Waals surface area (Å²) in [7, 11) is 0. The molecule has 1 N–H and O–H groups in total. The number of benzene rings is 3. The molecule has 0 aliphatic carbocycles. The van der Waals surface area contributed by atoms with E-state index in [0.717, 1.165) is 16.0 Å². The highest BCUT2D eigenvalue weighted by molar-refractivity contribution is 8.00. The van der Waals surface area contributed by atoms with Crippen molar-refractivity contribution in [2.75, 3.05) is 12.3 Å². The van der Waals surface area contributed by atoms with Crippen LogP contribution in [-0.2, 0) is 22.6 Å². The van der Waals surface area contributed by atoms with E-state index in [4.69, 9.17) is 23.2 Å². The van der Waals surface area contributed by atoms with Gasteiger partial charge in [0.05, 0.1) is 5.75 Å². The van der Waals surface area contributed by atoms with Crippen LogP contribution in [0.4, 0.5) is 0 Å². The maximum Gasteiger partial charge on any atom is 0.243 e. The molecule has 0 saturated heterocycles. The largest absolute Gasteiger partial charge is 0.354 e. The molecule has 184 valence electrons. The monoisotopic (exact) mass is 528 g/mol. The summed E-state index contributed by atoms with van der Waals surface area (Å²) in [6, 6.07) is 24.0. The number of halogens is 2. The van der Waals surface area contributed by atoms with Crippen molar-refractivity contribution in [1.82, 2.24) is 10.2 Å². The van der Waals surface area contributed by atoms with Crippen LogP contribution in [0.3, 0.4) is 0 Å². The molecule has 3 rings (SSSR count). The van der Waals surface area contributed by atoms with Gasteiger partial charge in [-0.15, -0.1) is 11.8 Å². The number of thioether (sulfide) groups is 1. The Labute approximate surface area is 222 Å². The summed E-state index contributed by atoms with van der Waals surface area (Å²) in [5, 5.41) is 4.01. The molecule has 1 atom stereocenters. The van der Waals surface area contributed by atoms with Gasteiger partial charge in [-0.05, 0) is 41.3 Å². The first kappa shape index (κ1) is 27.1. The zero-order chi connectivity index (χ0) is 25.2. The summed E-state index contributed by atoms with van der Waals surface area (Å²) >= 11 is 14.0.